The van der Waals surface area contributed by atoms with Gasteiger partial charge in [0.15, 0.2) is 6.04 Å². The van der Waals surface area contributed by atoms with Gasteiger partial charge in [-0.2, -0.15) is 0 Å². The summed E-state index contributed by atoms with van der Waals surface area (Å²) in [6, 6.07) is 7.53. The number of ether oxygens (including phenoxy) is 2. The summed E-state index contributed by atoms with van der Waals surface area (Å²) in [7, 11) is 1.24. The Morgan fingerprint density at radius 1 is 1.08 bits per heavy atom. The number of piperazine rings is 1. The van der Waals surface area contributed by atoms with Crippen molar-refractivity contribution in [2.45, 2.75) is 32.4 Å². The molecular formula is C18H24N2O6. The molecule has 1 atom stereocenters. The second kappa shape index (κ2) is 8.18. The van der Waals surface area contributed by atoms with Crippen LogP contribution in [-0.2, 0) is 19.1 Å². The number of methoxy groups -OCH3 is 1. The number of esters is 1. The third-order valence-electron chi connectivity index (χ3n) is 3.67. The predicted molar refractivity (Wildman–Crippen MR) is 92.2 cm³/mol. The van der Waals surface area contributed by atoms with E-state index in [2.05, 4.69) is 0 Å². The summed E-state index contributed by atoms with van der Waals surface area (Å²) in [5, 5.41) is 1.25. The van der Waals surface area contributed by atoms with Crippen LogP contribution >= 0.6 is 0 Å². The van der Waals surface area contributed by atoms with E-state index in [1.807, 2.05) is 0 Å². The minimum atomic E-state index is -0.922. The second-order valence-electron chi connectivity index (χ2n) is 6.85. The number of hydroxylamine groups is 2. The highest BCUT2D eigenvalue weighted by Gasteiger charge is 2.39. The molecule has 8 heteroatoms. The fourth-order valence-electron chi connectivity index (χ4n) is 2.43. The maximum Gasteiger partial charge on any atom is 0.410 e. The predicted octanol–water partition coefficient (Wildman–Crippen LogP) is 1.85. The van der Waals surface area contributed by atoms with Crippen LogP contribution in [0, 0.1) is 0 Å². The van der Waals surface area contributed by atoms with Gasteiger partial charge >= 0.3 is 18.0 Å². The van der Waals surface area contributed by atoms with Gasteiger partial charge in [0.05, 0.1) is 25.8 Å². The molecule has 0 N–H and O–H groups in total. The third-order valence-corrected chi connectivity index (χ3v) is 3.67. The molecule has 2 rings (SSSR count). The van der Waals surface area contributed by atoms with Crippen LogP contribution in [0.25, 0.3) is 0 Å². The average molecular weight is 364 g/mol. The van der Waals surface area contributed by atoms with E-state index < -0.39 is 29.7 Å². The fraction of sp³-hybridized carbons (Fsp3) is 0.500. The molecular weight excluding hydrogens is 340 g/mol. The van der Waals surface area contributed by atoms with Crippen LogP contribution in [0.4, 0.5) is 4.79 Å². The Bertz CT molecular complexity index is 655. The largest absolute Gasteiger partial charge is 0.468 e. The highest BCUT2D eigenvalue weighted by molar-refractivity contribution is 5.89. The number of hydrogen-bond donors (Lipinski definition) is 0. The van der Waals surface area contributed by atoms with Gasteiger partial charge in [0.2, 0.25) is 0 Å². The van der Waals surface area contributed by atoms with E-state index in [0.717, 1.165) is 0 Å². The minimum Gasteiger partial charge on any atom is -0.468 e. The molecule has 1 aromatic carbocycles. The topological polar surface area (TPSA) is 85.4 Å². The molecule has 26 heavy (non-hydrogen) atoms. The first-order valence-electron chi connectivity index (χ1n) is 8.31. The molecule has 1 amide bonds. The Kier molecular flexibility index (Phi) is 6.20. The lowest BCUT2D eigenvalue weighted by atomic mass is 10.2. The molecule has 1 aromatic rings. The van der Waals surface area contributed by atoms with Gasteiger partial charge in [-0.3, -0.25) is 4.79 Å². The summed E-state index contributed by atoms with van der Waals surface area (Å²) >= 11 is 0. The van der Waals surface area contributed by atoms with Crippen LogP contribution in [0.2, 0.25) is 0 Å². The zero-order valence-corrected chi connectivity index (χ0v) is 15.4. The Morgan fingerprint density at radius 3 is 2.31 bits per heavy atom. The molecule has 8 nitrogen and oxygen atoms in total. The fourth-order valence-corrected chi connectivity index (χ4v) is 2.43. The van der Waals surface area contributed by atoms with Gasteiger partial charge in [-0.25, -0.2) is 9.59 Å². The summed E-state index contributed by atoms with van der Waals surface area (Å²) in [6.07, 6.45) is -0.527. The molecule has 1 saturated heterocycles. The lowest BCUT2D eigenvalue weighted by Gasteiger charge is -2.38. The van der Waals surface area contributed by atoms with E-state index in [0.29, 0.717) is 5.56 Å². The van der Waals surface area contributed by atoms with Crippen molar-refractivity contribution in [1.29, 1.82) is 0 Å². The first-order chi connectivity index (χ1) is 12.2. The molecule has 1 aliphatic heterocycles. The summed E-state index contributed by atoms with van der Waals surface area (Å²) in [5.41, 5.74) is -0.278. The number of carbonyl (C=O) groups excluding carboxylic acids is 3. The van der Waals surface area contributed by atoms with Crippen LogP contribution in [0.5, 0.6) is 0 Å². The van der Waals surface area contributed by atoms with Crippen molar-refractivity contribution in [2.75, 3.05) is 26.7 Å². The number of benzene rings is 1. The van der Waals surface area contributed by atoms with Crippen LogP contribution in [0.3, 0.4) is 0 Å². The highest BCUT2D eigenvalue weighted by atomic mass is 16.7. The number of hydrogen-bond acceptors (Lipinski definition) is 7. The number of rotatable bonds is 3. The molecule has 0 aliphatic carbocycles. The first kappa shape index (κ1) is 19.7. The van der Waals surface area contributed by atoms with Crippen molar-refractivity contribution in [3.05, 3.63) is 35.9 Å². The second-order valence-corrected chi connectivity index (χ2v) is 6.85. The molecule has 0 spiro atoms. The zero-order valence-electron chi connectivity index (χ0n) is 15.4. The van der Waals surface area contributed by atoms with Crippen molar-refractivity contribution in [1.82, 2.24) is 9.96 Å². The normalized spacial score (nSPS) is 18.2. The van der Waals surface area contributed by atoms with E-state index in [1.54, 1.807) is 51.1 Å². The number of amides is 1. The number of carbonyl (C=O) groups is 3. The van der Waals surface area contributed by atoms with Gasteiger partial charge in [-0.1, -0.05) is 18.2 Å². The van der Waals surface area contributed by atoms with Crippen LogP contribution in [0.15, 0.2) is 30.3 Å². The molecule has 142 valence electrons. The lowest BCUT2D eigenvalue weighted by Crippen LogP contribution is -2.58. The Labute approximate surface area is 152 Å². The smallest absolute Gasteiger partial charge is 0.410 e. The molecule has 1 aliphatic rings. The van der Waals surface area contributed by atoms with Crippen LogP contribution in [0.1, 0.15) is 31.1 Å². The minimum absolute atomic E-state index is 0.00363. The van der Waals surface area contributed by atoms with Crippen molar-refractivity contribution >= 4 is 18.0 Å². The monoisotopic (exact) mass is 364 g/mol. The standard InChI is InChI=1S/C18H24N2O6/c1-18(2,3)25-17(23)19-10-11-20(14(12-19)16(22)24-4)26-15(21)13-8-6-5-7-9-13/h5-9,14H,10-12H2,1-4H3. The molecule has 0 saturated carbocycles. The number of nitrogens with zero attached hydrogens (tertiary/aromatic N) is 2. The molecule has 1 unspecified atom stereocenters. The van der Waals surface area contributed by atoms with E-state index in [1.165, 1.54) is 17.1 Å². The molecule has 0 aromatic heterocycles. The van der Waals surface area contributed by atoms with Gasteiger partial charge in [0.25, 0.3) is 0 Å². The Morgan fingerprint density at radius 2 is 1.73 bits per heavy atom. The third kappa shape index (κ3) is 5.19. The van der Waals surface area contributed by atoms with Crippen LogP contribution < -0.4 is 0 Å². The maximum atomic E-state index is 12.3. The summed E-state index contributed by atoms with van der Waals surface area (Å²) in [5.74, 6) is -1.18. The zero-order chi connectivity index (χ0) is 19.3. The van der Waals surface area contributed by atoms with E-state index in [9.17, 15) is 14.4 Å². The summed E-state index contributed by atoms with van der Waals surface area (Å²) in [4.78, 5) is 43.4. The van der Waals surface area contributed by atoms with E-state index >= 15 is 0 Å². The van der Waals surface area contributed by atoms with Crippen molar-refractivity contribution in [3.8, 4) is 0 Å². The van der Waals surface area contributed by atoms with Gasteiger partial charge in [0, 0.05) is 6.54 Å². The summed E-state index contributed by atoms with van der Waals surface area (Å²) in [6.45, 7) is 5.72. The highest BCUT2D eigenvalue weighted by Crippen LogP contribution is 2.17. The summed E-state index contributed by atoms with van der Waals surface area (Å²) < 4.78 is 10.1. The Balaban J connectivity index is 2.07. The molecule has 1 fully saturated rings. The maximum absolute atomic E-state index is 12.3. The van der Waals surface area contributed by atoms with Crippen molar-refractivity contribution in [2.24, 2.45) is 0 Å². The van der Waals surface area contributed by atoms with Gasteiger partial charge in [0.1, 0.15) is 5.60 Å². The van der Waals surface area contributed by atoms with Gasteiger partial charge in [-0.15, -0.1) is 5.06 Å². The van der Waals surface area contributed by atoms with Gasteiger partial charge < -0.3 is 19.2 Å². The van der Waals surface area contributed by atoms with Gasteiger partial charge in [-0.05, 0) is 32.9 Å². The SMILES string of the molecule is COC(=O)C1CN(C(=O)OC(C)(C)C)CCN1OC(=O)c1ccccc1. The van der Waals surface area contributed by atoms with E-state index in [4.69, 9.17) is 14.3 Å². The molecule has 0 radical (unpaired) electrons. The van der Waals surface area contributed by atoms with Crippen molar-refractivity contribution < 1.29 is 28.7 Å². The lowest BCUT2D eigenvalue weighted by molar-refractivity contribution is -0.185. The van der Waals surface area contributed by atoms with Crippen molar-refractivity contribution in [3.63, 3.8) is 0 Å². The average Bonchev–Trinajstić information content (AvgIpc) is 2.60. The quantitative estimate of drug-likeness (QED) is 0.757. The molecule has 0 bridgehead atoms. The molecule has 1 heterocycles. The van der Waals surface area contributed by atoms with Crippen LogP contribution in [-0.4, -0.2) is 66.4 Å². The Hall–Kier alpha value is -2.61. The first-order valence-corrected chi connectivity index (χ1v) is 8.31. The van der Waals surface area contributed by atoms with E-state index in [-0.39, 0.29) is 19.6 Å².